The standard InChI is InChI=1S/C19H19F3N4O/c1-11-23-6-12(7-24-11)15-5-13-14(17(27)19(20,21)22)9-26(10-18(2,3)4)16(13)8-25-15/h5-9H,10H2,1-4H3. The average molecular weight is 376 g/mol. The summed E-state index contributed by atoms with van der Waals surface area (Å²) in [6.07, 6.45) is 0.908. The molecule has 0 aromatic carbocycles. The Kier molecular flexibility index (Phi) is 4.53. The second kappa shape index (κ2) is 6.44. The van der Waals surface area contributed by atoms with E-state index in [4.69, 9.17) is 0 Å². The van der Waals surface area contributed by atoms with E-state index in [9.17, 15) is 18.0 Å². The zero-order chi connectivity index (χ0) is 20.0. The first-order chi connectivity index (χ1) is 12.5. The first kappa shape index (κ1) is 19.0. The van der Waals surface area contributed by atoms with Crippen LogP contribution in [0.5, 0.6) is 0 Å². The SMILES string of the molecule is Cc1ncc(-c2cc3c(C(=O)C(F)(F)F)cn(CC(C)(C)C)c3cn2)cn1. The molecular formula is C19H19F3N4O. The lowest BCUT2D eigenvalue weighted by atomic mass is 9.97. The Morgan fingerprint density at radius 3 is 2.26 bits per heavy atom. The van der Waals surface area contributed by atoms with E-state index in [2.05, 4.69) is 15.0 Å². The molecule has 0 bridgehead atoms. The molecule has 27 heavy (non-hydrogen) atoms. The molecule has 3 heterocycles. The predicted octanol–water partition coefficient (Wildman–Crippen LogP) is 4.59. The Morgan fingerprint density at radius 1 is 1.07 bits per heavy atom. The van der Waals surface area contributed by atoms with E-state index >= 15 is 0 Å². The molecule has 0 aliphatic carbocycles. The first-order valence-corrected chi connectivity index (χ1v) is 8.35. The third-order valence-electron chi connectivity index (χ3n) is 3.99. The number of fused-ring (bicyclic) bond motifs is 1. The molecule has 8 heteroatoms. The number of nitrogens with zero attached hydrogens (tertiary/aromatic N) is 4. The molecule has 0 N–H and O–H groups in total. The highest BCUT2D eigenvalue weighted by atomic mass is 19.4. The Morgan fingerprint density at radius 2 is 1.70 bits per heavy atom. The van der Waals surface area contributed by atoms with Crippen LogP contribution in [0.4, 0.5) is 13.2 Å². The van der Waals surface area contributed by atoms with Gasteiger partial charge >= 0.3 is 6.18 Å². The average Bonchev–Trinajstić information content (AvgIpc) is 2.90. The highest BCUT2D eigenvalue weighted by molar-refractivity contribution is 6.11. The van der Waals surface area contributed by atoms with E-state index in [-0.39, 0.29) is 16.4 Å². The fourth-order valence-electron chi connectivity index (χ4n) is 2.85. The number of rotatable bonds is 3. The van der Waals surface area contributed by atoms with Gasteiger partial charge in [-0.3, -0.25) is 9.78 Å². The molecule has 0 radical (unpaired) electrons. The fourth-order valence-corrected chi connectivity index (χ4v) is 2.85. The molecule has 0 saturated carbocycles. The fraction of sp³-hybridized carbons (Fsp3) is 0.368. The van der Waals surface area contributed by atoms with E-state index < -0.39 is 12.0 Å². The van der Waals surface area contributed by atoms with Crippen LogP contribution in [0, 0.1) is 12.3 Å². The van der Waals surface area contributed by atoms with Crippen LogP contribution in [0.15, 0.2) is 30.9 Å². The van der Waals surface area contributed by atoms with Gasteiger partial charge in [0.25, 0.3) is 5.78 Å². The van der Waals surface area contributed by atoms with Gasteiger partial charge in [0.2, 0.25) is 0 Å². The third-order valence-corrected chi connectivity index (χ3v) is 3.99. The van der Waals surface area contributed by atoms with E-state index in [1.807, 2.05) is 20.8 Å². The van der Waals surface area contributed by atoms with Crippen LogP contribution in [0.2, 0.25) is 0 Å². The van der Waals surface area contributed by atoms with Crippen LogP contribution in [-0.2, 0) is 6.54 Å². The summed E-state index contributed by atoms with van der Waals surface area (Å²) in [4.78, 5) is 24.5. The van der Waals surface area contributed by atoms with Gasteiger partial charge < -0.3 is 4.57 Å². The molecule has 0 aliphatic heterocycles. The first-order valence-electron chi connectivity index (χ1n) is 8.35. The molecule has 0 saturated heterocycles. The van der Waals surface area contributed by atoms with Gasteiger partial charge in [-0.1, -0.05) is 20.8 Å². The molecular weight excluding hydrogens is 357 g/mol. The van der Waals surface area contributed by atoms with Gasteiger partial charge in [0.1, 0.15) is 5.82 Å². The third kappa shape index (κ3) is 3.99. The normalized spacial score (nSPS) is 12.6. The molecule has 0 unspecified atom stereocenters. The van der Waals surface area contributed by atoms with Crippen LogP contribution in [0.3, 0.4) is 0 Å². The minimum absolute atomic E-state index is 0.187. The van der Waals surface area contributed by atoms with Crippen LogP contribution >= 0.6 is 0 Å². The summed E-state index contributed by atoms with van der Waals surface area (Å²) in [6, 6.07) is 1.49. The molecule has 3 aromatic rings. The summed E-state index contributed by atoms with van der Waals surface area (Å²) in [5.74, 6) is -1.29. The Hall–Kier alpha value is -2.77. The number of carbonyl (C=O) groups is 1. The predicted molar refractivity (Wildman–Crippen MR) is 95.3 cm³/mol. The van der Waals surface area contributed by atoms with Gasteiger partial charge in [-0.15, -0.1) is 0 Å². The topological polar surface area (TPSA) is 60.7 Å². The van der Waals surface area contributed by atoms with E-state index in [0.717, 1.165) is 0 Å². The summed E-state index contributed by atoms with van der Waals surface area (Å²) >= 11 is 0. The van der Waals surface area contributed by atoms with Gasteiger partial charge in [0, 0.05) is 36.1 Å². The summed E-state index contributed by atoms with van der Waals surface area (Å²) in [5.41, 5.74) is 0.894. The van der Waals surface area contributed by atoms with Gasteiger partial charge in [-0.25, -0.2) is 9.97 Å². The number of hydrogen-bond acceptors (Lipinski definition) is 4. The summed E-state index contributed by atoms with van der Waals surface area (Å²) in [5, 5.41) is 0.215. The smallest absolute Gasteiger partial charge is 0.345 e. The number of aryl methyl sites for hydroxylation is 1. The minimum Gasteiger partial charge on any atom is -0.345 e. The van der Waals surface area contributed by atoms with E-state index in [1.165, 1.54) is 18.5 Å². The summed E-state index contributed by atoms with van der Waals surface area (Å²) in [6.45, 7) is 8.08. The van der Waals surface area contributed by atoms with Crippen molar-refractivity contribution in [1.29, 1.82) is 0 Å². The minimum atomic E-state index is -4.95. The van der Waals surface area contributed by atoms with Gasteiger partial charge in [-0.2, -0.15) is 13.2 Å². The highest BCUT2D eigenvalue weighted by Gasteiger charge is 2.41. The van der Waals surface area contributed by atoms with Crippen LogP contribution < -0.4 is 0 Å². The monoisotopic (exact) mass is 376 g/mol. The van der Waals surface area contributed by atoms with E-state index in [0.29, 0.717) is 29.1 Å². The number of ketones is 1. The maximum absolute atomic E-state index is 13.1. The number of Topliss-reactive ketones (excluding diaryl/α,β-unsaturated/α-hetero) is 1. The molecule has 142 valence electrons. The van der Waals surface area contributed by atoms with Crippen LogP contribution in [0.1, 0.15) is 37.0 Å². The number of carbonyl (C=O) groups excluding carboxylic acids is 1. The Labute approximate surface area is 154 Å². The second-order valence-corrected chi connectivity index (χ2v) is 7.66. The van der Waals surface area contributed by atoms with Crippen molar-refractivity contribution in [1.82, 2.24) is 19.5 Å². The molecule has 3 rings (SSSR count). The van der Waals surface area contributed by atoms with Gasteiger partial charge in [0.05, 0.1) is 23.0 Å². The van der Waals surface area contributed by atoms with Crippen molar-refractivity contribution in [2.45, 2.75) is 40.4 Å². The number of hydrogen-bond donors (Lipinski definition) is 0. The van der Waals surface area contributed by atoms with Crippen LogP contribution in [0.25, 0.3) is 22.2 Å². The zero-order valence-corrected chi connectivity index (χ0v) is 15.4. The lowest BCUT2D eigenvalue weighted by Crippen LogP contribution is -2.22. The maximum atomic E-state index is 13.1. The largest absolute Gasteiger partial charge is 0.454 e. The van der Waals surface area contributed by atoms with Crippen molar-refractivity contribution in [2.75, 3.05) is 0 Å². The van der Waals surface area contributed by atoms with E-state index in [1.54, 1.807) is 23.9 Å². The Bertz CT molecular complexity index is 999. The molecule has 5 nitrogen and oxygen atoms in total. The van der Waals surface area contributed by atoms with Crippen molar-refractivity contribution < 1.29 is 18.0 Å². The number of alkyl halides is 3. The number of halogens is 3. The molecule has 0 spiro atoms. The number of aromatic nitrogens is 4. The summed E-state index contributed by atoms with van der Waals surface area (Å²) in [7, 11) is 0. The molecule has 0 atom stereocenters. The lowest BCUT2D eigenvalue weighted by Gasteiger charge is -2.19. The number of pyridine rings is 1. The highest BCUT2D eigenvalue weighted by Crippen LogP contribution is 2.32. The molecule has 0 amide bonds. The molecule has 3 aromatic heterocycles. The van der Waals surface area contributed by atoms with Gasteiger partial charge in [0.15, 0.2) is 0 Å². The Balaban J connectivity index is 2.20. The maximum Gasteiger partial charge on any atom is 0.454 e. The van der Waals surface area contributed by atoms with Crippen molar-refractivity contribution in [3.05, 3.63) is 42.2 Å². The molecule has 0 fully saturated rings. The second-order valence-electron chi connectivity index (χ2n) is 7.66. The van der Waals surface area contributed by atoms with Crippen molar-refractivity contribution in [2.24, 2.45) is 5.41 Å². The van der Waals surface area contributed by atoms with Crippen molar-refractivity contribution in [3.8, 4) is 11.3 Å². The summed E-state index contributed by atoms with van der Waals surface area (Å²) < 4.78 is 40.9. The van der Waals surface area contributed by atoms with Crippen LogP contribution in [-0.4, -0.2) is 31.5 Å². The quantitative estimate of drug-likeness (QED) is 0.627. The lowest BCUT2D eigenvalue weighted by molar-refractivity contribution is -0.0884. The van der Waals surface area contributed by atoms with Gasteiger partial charge in [-0.05, 0) is 18.4 Å². The molecule has 0 aliphatic rings. The zero-order valence-electron chi connectivity index (χ0n) is 15.4. The van der Waals surface area contributed by atoms with Crippen molar-refractivity contribution in [3.63, 3.8) is 0 Å². The van der Waals surface area contributed by atoms with Crippen molar-refractivity contribution >= 4 is 16.7 Å².